The molecule has 4 aromatic rings. The molecule has 0 bridgehead atoms. The molecule has 152 valence electrons. The van der Waals surface area contributed by atoms with Gasteiger partial charge in [0.1, 0.15) is 11.6 Å². The zero-order valence-corrected chi connectivity index (χ0v) is 16.6. The molecule has 10 heteroatoms. The van der Waals surface area contributed by atoms with E-state index in [1.165, 1.54) is 22.7 Å². The maximum Gasteiger partial charge on any atom is 0.266 e. The fourth-order valence-electron chi connectivity index (χ4n) is 2.81. The molecule has 0 radical (unpaired) electrons. The third-order valence-electron chi connectivity index (χ3n) is 4.15. The minimum atomic E-state index is -0.520. The molecule has 0 aliphatic rings. The second-order valence-electron chi connectivity index (χ2n) is 6.16. The number of benzene rings is 2. The van der Waals surface area contributed by atoms with Crippen LogP contribution in [0.3, 0.4) is 0 Å². The number of anilines is 1. The summed E-state index contributed by atoms with van der Waals surface area (Å²) >= 11 is 1.09. The Morgan fingerprint density at radius 3 is 2.77 bits per heavy atom. The van der Waals surface area contributed by atoms with Crippen LogP contribution in [0.4, 0.5) is 10.1 Å². The number of aromatic amines is 1. The van der Waals surface area contributed by atoms with E-state index in [-0.39, 0.29) is 17.0 Å². The summed E-state index contributed by atoms with van der Waals surface area (Å²) in [5.41, 5.74) is 0.751. The summed E-state index contributed by atoms with van der Waals surface area (Å²) < 4.78 is 20.5. The molecule has 2 aromatic carbocycles. The Morgan fingerprint density at radius 2 is 1.97 bits per heavy atom. The smallest absolute Gasteiger partial charge is 0.266 e. The van der Waals surface area contributed by atoms with Crippen LogP contribution in [-0.2, 0) is 4.79 Å². The fourth-order valence-corrected chi connectivity index (χ4v) is 3.56. The molecule has 2 N–H and O–H groups in total. The number of hydrogen-bond acceptors (Lipinski definition) is 6. The van der Waals surface area contributed by atoms with Crippen molar-refractivity contribution >= 4 is 29.0 Å². The first kappa shape index (κ1) is 19.6. The number of halogens is 1. The minimum Gasteiger partial charge on any atom is -0.496 e. The minimum absolute atomic E-state index is 0.0496. The highest BCUT2D eigenvalue weighted by molar-refractivity contribution is 7.99. The lowest BCUT2D eigenvalue weighted by Gasteiger charge is -2.10. The molecule has 0 fully saturated rings. The van der Waals surface area contributed by atoms with E-state index in [4.69, 9.17) is 4.74 Å². The summed E-state index contributed by atoms with van der Waals surface area (Å²) in [6, 6.07) is 14.5. The second-order valence-corrected chi connectivity index (χ2v) is 7.10. The van der Waals surface area contributed by atoms with E-state index in [1.807, 2.05) is 12.1 Å². The molecule has 1 amide bonds. The lowest BCUT2D eigenvalue weighted by Crippen LogP contribution is -2.16. The number of para-hydroxylation sites is 2. The number of nitrogens with zero attached hydrogens (tertiary/aromatic N) is 3. The van der Waals surface area contributed by atoms with Crippen molar-refractivity contribution in [1.82, 2.24) is 19.6 Å². The summed E-state index contributed by atoms with van der Waals surface area (Å²) in [4.78, 5) is 33.0. The van der Waals surface area contributed by atoms with Crippen molar-refractivity contribution in [1.29, 1.82) is 0 Å². The quantitative estimate of drug-likeness (QED) is 0.461. The van der Waals surface area contributed by atoms with Crippen molar-refractivity contribution in [2.75, 3.05) is 18.2 Å². The number of nitrogens with one attached hydrogen (secondary N) is 2. The summed E-state index contributed by atoms with van der Waals surface area (Å²) in [6.07, 6.45) is 0. The number of carbonyl (C=O) groups excluding carboxylic acids is 1. The Labute approximate surface area is 174 Å². The molecule has 2 aromatic heterocycles. The molecule has 2 heterocycles. The van der Waals surface area contributed by atoms with Crippen LogP contribution in [0, 0.1) is 5.82 Å². The van der Waals surface area contributed by atoms with E-state index in [1.54, 1.807) is 31.4 Å². The van der Waals surface area contributed by atoms with Gasteiger partial charge in [-0.25, -0.2) is 18.9 Å². The summed E-state index contributed by atoms with van der Waals surface area (Å²) in [6.45, 7) is 0. The predicted molar refractivity (Wildman–Crippen MR) is 111 cm³/mol. The molecule has 0 atom stereocenters. The Bertz CT molecular complexity index is 1290. The number of H-pyrrole nitrogens is 1. The fraction of sp³-hybridized carbons (Fsp3) is 0.100. The second kappa shape index (κ2) is 8.37. The maximum absolute atomic E-state index is 13.7. The van der Waals surface area contributed by atoms with Crippen LogP contribution in [0.25, 0.3) is 17.0 Å². The first-order valence-electron chi connectivity index (χ1n) is 8.85. The number of rotatable bonds is 6. The van der Waals surface area contributed by atoms with E-state index in [0.717, 1.165) is 11.8 Å². The average molecular weight is 425 g/mol. The van der Waals surface area contributed by atoms with Gasteiger partial charge in [0.15, 0.2) is 16.6 Å². The van der Waals surface area contributed by atoms with Gasteiger partial charge in [0.25, 0.3) is 5.56 Å². The monoisotopic (exact) mass is 425 g/mol. The Hall–Kier alpha value is -3.66. The van der Waals surface area contributed by atoms with Crippen molar-refractivity contribution in [3.8, 4) is 17.1 Å². The third kappa shape index (κ3) is 4.03. The Morgan fingerprint density at radius 1 is 1.20 bits per heavy atom. The molecule has 0 saturated heterocycles. The van der Waals surface area contributed by atoms with Gasteiger partial charge in [-0.3, -0.25) is 14.7 Å². The highest BCUT2D eigenvalue weighted by Crippen LogP contribution is 2.28. The molecule has 8 nitrogen and oxygen atoms in total. The van der Waals surface area contributed by atoms with Crippen LogP contribution in [0.5, 0.6) is 5.75 Å². The van der Waals surface area contributed by atoms with E-state index >= 15 is 0 Å². The van der Waals surface area contributed by atoms with Crippen LogP contribution >= 0.6 is 11.8 Å². The summed E-state index contributed by atoms with van der Waals surface area (Å²) in [5.74, 6) is -0.0541. The number of thioether (sulfide) groups is 1. The van der Waals surface area contributed by atoms with Crippen LogP contribution < -0.4 is 15.6 Å². The standard InChI is InChI=1S/C20H16FN5O3S/c1-29-15-9-5-2-6-12(15)19-23-16-10-17(27)25-26(16)20(24-19)30-11-18(28)22-14-8-4-3-7-13(14)21/h2-10H,11H2,1H3,(H,22,28)(H,25,27). The van der Waals surface area contributed by atoms with Gasteiger partial charge >= 0.3 is 0 Å². The molecule has 0 aliphatic heterocycles. The largest absolute Gasteiger partial charge is 0.496 e. The van der Waals surface area contributed by atoms with Gasteiger partial charge in [0.05, 0.1) is 24.1 Å². The number of aromatic nitrogens is 4. The lowest BCUT2D eigenvalue weighted by molar-refractivity contribution is -0.113. The Kier molecular flexibility index (Phi) is 5.48. The Balaban J connectivity index is 1.64. The molecule has 0 saturated carbocycles. The highest BCUT2D eigenvalue weighted by atomic mass is 32.2. The van der Waals surface area contributed by atoms with Crippen molar-refractivity contribution in [3.05, 3.63) is 70.8 Å². The molecule has 0 aliphatic carbocycles. The lowest BCUT2D eigenvalue weighted by atomic mass is 10.2. The SMILES string of the molecule is COc1ccccc1-c1nc(SCC(=O)Nc2ccccc2F)n2[nH]c(=O)cc2n1. The van der Waals surface area contributed by atoms with Gasteiger partial charge < -0.3 is 10.1 Å². The van der Waals surface area contributed by atoms with Crippen molar-refractivity contribution in [2.45, 2.75) is 5.16 Å². The molecule has 4 rings (SSSR count). The maximum atomic E-state index is 13.7. The van der Waals surface area contributed by atoms with Crippen molar-refractivity contribution < 1.29 is 13.9 Å². The van der Waals surface area contributed by atoms with E-state index in [0.29, 0.717) is 27.9 Å². The molecular weight excluding hydrogens is 409 g/mol. The highest BCUT2D eigenvalue weighted by Gasteiger charge is 2.16. The van der Waals surface area contributed by atoms with Gasteiger partial charge in [-0.05, 0) is 24.3 Å². The molecule has 0 spiro atoms. The van der Waals surface area contributed by atoms with E-state index in [2.05, 4.69) is 20.4 Å². The number of ether oxygens (including phenoxy) is 1. The van der Waals surface area contributed by atoms with Crippen LogP contribution in [0.1, 0.15) is 0 Å². The number of methoxy groups -OCH3 is 1. The zero-order valence-electron chi connectivity index (χ0n) is 15.8. The normalized spacial score (nSPS) is 10.9. The summed E-state index contributed by atoms with van der Waals surface area (Å²) in [5, 5.41) is 5.48. The molecule has 30 heavy (non-hydrogen) atoms. The third-order valence-corrected chi connectivity index (χ3v) is 5.09. The van der Waals surface area contributed by atoms with Crippen LogP contribution in [0.15, 0.2) is 64.5 Å². The van der Waals surface area contributed by atoms with Crippen molar-refractivity contribution in [2.24, 2.45) is 0 Å². The van der Waals surface area contributed by atoms with Gasteiger partial charge in [-0.15, -0.1) is 0 Å². The zero-order chi connectivity index (χ0) is 21.1. The number of hydrogen-bond donors (Lipinski definition) is 2. The van der Waals surface area contributed by atoms with Crippen molar-refractivity contribution in [3.63, 3.8) is 0 Å². The number of amides is 1. The van der Waals surface area contributed by atoms with Gasteiger partial charge in [0, 0.05) is 6.07 Å². The van der Waals surface area contributed by atoms with Crippen LogP contribution in [0.2, 0.25) is 0 Å². The number of carbonyl (C=O) groups is 1. The predicted octanol–water partition coefficient (Wildman–Crippen LogP) is 2.96. The first-order valence-corrected chi connectivity index (χ1v) is 9.84. The van der Waals surface area contributed by atoms with Gasteiger partial charge in [-0.1, -0.05) is 36.0 Å². The number of fused-ring (bicyclic) bond motifs is 1. The molecule has 0 unspecified atom stereocenters. The summed E-state index contributed by atoms with van der Waals surface area (Å²) in [7, 11) is 1.54. The first-order chi connectivity index (χ1) is 14.5. The van der Waals surface area contributed by atoms with Crippen LogP contribution in [-0.4, -0.2) is 38.4 Å². The average Bonchev–Trinajstić information content (AvgIpc) is 3.13. The molecular formula is C20H16FN5O3S. The van der Waals surface area contributed by atoms with Gasteiger partial charge in [-0.2, -0.15) is 0 Å². The van der Waals surface area contributed by atoms with E-state index < -0.39 is 11.7 Å². The van der Waals surface area contributed by atoms with Gasteiger partial charge in [0.2, 0.25) is 5.91 Å². The topological polar surface area (TPSA) is 101 Å². The van der Waals surface area contributed by atoms with E-state index in [9.17, 15) is 14.0 Å².